The maximum absolute atomic E-state index is 13.1. The van der Waals surface area contributed by atoms with Gasteiger partial charge in [0.15, 0.2) is 0 Å². The number of amides is 2. The molecule has 1 aliphatic heterocycles. The molecule has 2 aromatic heterocycles. The quantitative estimate of drug-likeness (QED) is 0.0570. The average molecular weight is 833 g/mol. The van der Waals surface area contributed by atoms with E-state index in [1.807, 2.05) is 53.9 Å². The molecule has 0 spiro atoms. The number of benzene rings is 1. The number of nitrogens with one attached hydrogen (secondary N) is 5. The summed E-state index contributed by atoms with van der Waals surface area (Å²) in [4.78, 5) is 61.3. The van der Waals surface area contributed by atoms with Crippen molar-refractivity contribution >= 4 is 46.2 Å². The highest BCUT2D eigenvalue weighted by molar-refractivity contribution is 5.90. The Kier molecular flexibility index (Phi) is 18.9. The van der Waals surface area contributed by atoms with E-state index in [2.05, 4.69) is 36.9 Å². The summed E-state index contributed by atoms with van der Waals surface area (Å²) in [5.74, 6) is -1.04. The van der Waals surface area contributed by atoms with E-state index >= 15 is 0 Å². The maximum atomic E-state index is 13.1. The highest BCUT2D eigenvalue weighted by atomic mass is 16.4. The van der Waals surface area contributed by atoms with Gasteiger partial charge in [-0.2, -0.15) is 4.98 Å². The first-order valence-electron chi connectivity index (χ1n) is 22.3. The lowest BCUT2D eigenvalue weighted by molar-refractivity contribution is -0.139. The topological polar surface area (TPSA) is 234 Å². The number of anilines is 2. The highest BCUT2D eigenvalue weighted by Crippen LogP contribution is 2.26. The third-order valence-electron chi connectivity index (χ3n) is 11.9. The zero-order valence-corrected chi connectivity index (χ0v) is 35.7. The number of hydrogen-bond donors (Lipinski definition) is 7. The van der Waals surface area contributed by atoms with Gasteiger partial charge in [-0.25, -0.2) is 4.98 Å². The second kappa shape index (κ2) is 24.5. The molecule has 8 N–H and O–H groups in total. The Balaban J connectivity index is 1.01. The van der Waals surface area contributed by atoms with Gasteiger partial charge in [-0.15, -0.1) is 5.10 Å². The number of hydrogen-bond acceptors (Lipinski definition) is 13. The number of aryl methyl sites for hydroxylation is 1. The minimum absolute atomic E-state index is 0.00485. The monoisotopic (exact) mass is 833 g/mol. The lowest BCUT2D eigenvalue weighted by Gasteiger charge is -2.33. The van der Waals surface area contributed by atoms with Crippen LogP contribution >= 0.6 is 0 Å². The third kappa shape index (κ3) is 15.1. The number of likely N-dealkylation sites (tertiary alicyclic amines) is 1. The van der Waals surface area contributed by atoms with E-state index in [4.69, 9.17) is 20.8 Å². The van der Waals surface area contributed by atoms with Crippen LogP contribution in [0.15, 0.2) is 30.5 Å². The van der Waals surface area contributed by atoms with E-state index in [1.54, 1.807) is 0 Å². The number of piperidine rings is 1. The molecule has 330 valence electrons. The van der Waals surface area contributed by atoms with Crippen LogP contribution in [0.5, 0.6) is 0 Å². The Morgan fingerprint density at radius 2 is 1.70 bits per heavy atom. The van der Waals surface area contributed by atoms with E-state index in [-0.39, 0.29) is 61.8 Å². The predicted molar refractivity (Wildman–Crippen MR) is 232 cm³/mol. The Morgan fingerprint density at radius 3 is 2.47 bits per heavy atom. The van der Waals surface area contributed by atoms with Crippen LogP contribution < -0.4 is 32.3 Å². The predicted octanol–water partition coefficient (Wildman–Crippen LogP) is 3.85. The number of rotatable bonds is 26. The number of carboxylic acids is 1. The van der Waals surface area contributed by atoms with Crippen molar-refractivity contribution in [2.24, 2.45) is 17.6 Å². The lowest BCUT2D eigenvalue weighted by atomic mass is 9.85. The number of carbonyl (C=O) groups excluding carboxylic acids is 3. The zero-order valence-electron chi connectivity index (χ0n) is 35.7. The van der Waals surface area contributed by atoms with Crippen LogP contribution in [0.2, 0.25) is 0 Å². The summed E-state index contributed by atoms with van der Waals surface area (Å²) in [6, 6.07) is 7.60. The molecule has 2 fully saturated rings. The van der Waals surface area contributed by atoms with Crippen molar-refractivity contribution in [1.82, 2.24) is 45.8 Å². The summed E-state index contributed by atoms with van der Waals surface area (Å²) in [6.07, 6.45) is 13.2. The van der Waals surface area contributed by atoms with Crippen molar-refractivity contribution in [3.63, 3.8) is 0 Å². The van der Waals surface area contributed by atoms with E-state index in [9.17, 15) is 19.2 Å². The molecule has 3 aromatic rings. The summed E-state index contributed by atoms with van der Waals surface area (Å²) >= 11 is 0. The normalized spacial score (nSPS) is 16.6. The first-order valence-corrected chi connectivity index (χ1v) is 22.3. The molecule has 1 aromatic carbocycles. The number of aliphatic carboxylic acids is 1. The first-order chi connectivity index (χ1) is 29.1. The molecule has 60 heavy (non-hydrogen) atoms. The fourth-order valence-electron chi connectivity index (χ4n) is 7.95. The van der Waals surface area contributed by atoms with Gasteiger partial charge >= 0.3 is 5.97 Å². The van der Waals surface area contributed by atoms with Crippen molar-refractivity contribution in [3.8, 4) is 0 Å². The van der Waals surface area contributed by atoms with E-state index in [0.717, 1.165) is 74.3 Å². The van der Waals surface area contributed by atoms with Crippen molar-refractivity contribution < 1.29 is 24.3 Å². The van der Waals surface area contributed by atoms with Crippen LogP contribution in [0.1, 0.15) is 109 Å². The fraction of sp³-hybridized carbons (Fsp3) is 0.674. The van der Waals surface area contributed by atoms with Crippen LogP contribution in [0.25, 0.3) is 10.9 Å². The SMILES string of the molecule is CCC(C)C(CC(=O)CC[C@@H](N)C(=O)O)C(=O)NCCC(=O)N1CCC(Nc2nc(NCc3cn(CCCNCCCNC4CCCCC4)nn3)nc3ccccc23)CC1. The smallest absolute Gasteiger partial charge is 0.320 e. The Labute approximate surface area is 354 Å². The number of fused-ring (bicyclic) bond motifs is 1. The molecule has 1 saturated heterocycles. The van der Waals surface area contributed by atoms with Crippen LogP contribution in [0.3, 0.4) is 0 Å². The second-order valence-electron chi connectivity index (χ2n) is 16.5. The maximum Gasteiger partial charge on any atom is 0.320 e. The summed E-state index contributed by atoms with van der Waals surface area (Å²) in [7, 11) is 0. The molecule has 3 heterocycles. The van der Waals surface area contributed by atoms with Crippen molar-refractivity contribution in [1.29, 1.82) is 0 Å². The standard InChI is InChI=1S/C43H68N12O5/c1-3-30(2)36(27-34(56)15-16-37(44)42(59)60)41(58)47-23-17-39(57)54-25-18-32(19-26-54)49-40-35-13-7-8-14-38(35)50-43(51-40)48-28-33-29-55(53-52-33)24-10-21-45-20-9-22-46-31-11-5-4-6-12-31/h7-8,13-14,29-32,36-37,45-46H,3-6,9-12,15-28,44H2,1-2H3,(H,47,58)(H,59,60)(H2,48,49,50,51)/t30?,36?,37-/m1/s1. The van der Waals surface area contributed by atoms with Gasteiger partial charge in [-0.3, -0.25) is 23.9 Å². The Morgan fingerprint density at radius 1 is 0.933 bits per heavy atom. The summed E-state index contributed by atoms with van der Waals surface area (Å²) in [5, 5.41) is 35.6. The van der Waals surface area contributed by atoms with Crippen LogP contribution in [0.4, 0.5) is 11.8 Å². The molecule has 17 heteroatoms. The van der Waals surface area contributed by atoms with E-state index < -0.39 is 17.9 Å². The molecule has 17 nitrogen and oxygen atoms in total. The molecule has 2 unspecified atom stereocenters. The minimum Gasteiger partial charge on any atom is -0.480 e. The number of para-hydroxylation sites is 1. The zero-order chi connectivity index (χ0) is 42.7. The molecule has 1 aliphatic carbocycles. The molecule has 5 rings (SSSR count). The number of carbonyl (C=O) groups is 4. The number of nitrogens with two attached hydrogens (primary N) is 1. The minimum atomic E-state index is -1.16. The van der Waals surface area contributed by atoms with Gasteiger partial charge in [-0.05, 0) is 82.6 Å². The van der Waals surface area contributed by atoms with Crippen LogP contribution in [-0.4, -0.2) is 116 Å². The van der Waals surface area contributed by atoms with Gasteiger partial charge in [0.05, 0.1) is 18.3 Å². The van der Waals surface area contributed by atoms with Crippen molar-refractivity contribution in [2.45, 2.75) is 135 Å². The largest absolute Gasteiger partial charge is 0.480 e. The molecular weight excluding hydrogens is 765 g/mol. The number of ketones is 1. The van der Waals surface area contributed by atoms with E-state index in [0.29, 0.717) is 38.0 Å². The first kappa shape index (κ1) is 46.3. The summed E-state index contributed by atoms with van der Waals surface area (Å²) in [5.41, 5.74) is 7.16. The van der Waals surface area contributed by atoms with Gasteiger partial charge in [0.1, 0.15) is 23.3 Å². The highest BCUT2D eigenvalue weighted by Gasteiger charge is 2.28. The van der Waals surface area contributed by atoms with Gasteiger partial charge in [-0.1, -0.05) is 56.9 Å². The van der Waals surface area contributed by atoms with Crippen LogP contribution in [0, 0.1) is 11.8 Å². The number of carboxylic acid groups (broad SMARTS) is 1. The number of Topliss-reactive ketones (excluding diaryl/α,β-unsaturated/α-hetero) is 1. The molecular formula is C43H68N12O5. The lowest BCUT2D eigenvalue weighted by Crippen LogP contribution is -2.44. The van der Waals surface area contributed by atoms with Gasteiger partial charge in [0.25, 0.3) is 0 Å². The van der Waals surface area contributed by atoms with Gasteiger partial charge in [0.2, 0.25) is 17.8 Å². The molecule has 1 saturated carbocycles. The number of aromatic nitrogens is 5. The molecule has 2 aliphatic rings. The van der Waals surface area contributed by atoms with Gasteiger partial charge in [0, 0.05) is 68.8 Å². The average Bonchev–Trinajstić information content (AvgIpc) is 3.72. The van der Waals surface area contributed by atoms with Crippen molar-refractivity contribution in [2.75, 3.05) is 49.9 Å². The van der Waals surface area contributed by atoms with Crippen LogP contribution in [-0.2, 0) is 32.3 Å². The summed E-state index contributed by atoms with van der Waals surface area (Å²) in [6.45, 7) is 9.45. The second-order valence-corrected chi connectivity index (χ2v) is 16.5. The molecule has 3 atom stereocenters. The Bertz CT molecular complexity index is 1810. The molecule has 2 amide bonds. The third-order valence-corrected chi connectivity index (χ3v) is 11.9. The number of nitrogens with zero attached hydrogens (tertiary/aromatic N) is 6. The Hall–Kier alpha value is -4.74. The molecule has 0 radical (unpaired) electrons. The van der Waals surface area contributed by atoms with Gasteiger partial charge < -0.3 is 42.3 Å². The van der Waals surface area contributed by atoms with E-state index in [1.165, 1.54) is 32.1 Å². The molecule has 0 bridgehead atoms. The summed E-state index contributed by atoms with van der Waals surface area (Å²) < 4.78 is 1.88. The fourth-order valence-corrected chi connectivity index (χ4v) is 7.95. The van der Waals surface area contributed by atoms with Crippen molar-refractivity contribution in [3.05, 3.63) is 36.2 Å².